The Morgan fingerprint density at radius 1 is 1.06 bits per heavy atom. The number of aromatic nitrogens is 1. The summed E-state index contributed by atoms with van der Waals surface area (Å²) in [5.74, 6) is 0.632. The van der Waals surface area contributed by atoms with Crippen LogP contribution in [0, 0.1) is 0 Å². The number of ether oxygens (including phenoxy) is 1. The molecule has 1 unspecified atom stereocenters. The molecule has 2 aromatic carbocycles. The molecule has 0 aliphatic carbocycles. The van der Waals surface area contributed by atoms with E-state index in [2.05, 4.69) is 11.6 Å². The number of hydrogen-bond donors (Lipinski definition) is 1. The molecule has 1 N–H and O–H groups in total. The lowest BCUT2D eigenvalue weighted by Gasteiger charge is -2.29. The number of methoxy groups -OCH3 is 1. The molecule has 1 aromatic heterocycles. The number of pyridine rings is 1. The zero-order chi connectivity index (χ0) is 23.0. The molecular weight excluding hydrogens is 424 g/mol. The largest absolute Gasteiger partial charge is 0.497 e. The quantitative estimate of drug-likeness (QED) is 0.466. The number of sulfonamides is 1. The maximum Gasteiger partial charge on any atom is 0.245 e. The van der Waals surface area contributed by atoms with Crippen molar-refractivity contribution in [2.75, 3.05) is 24.6 Å². The smallest absolute Gasteiger partial charge is 0.245 e. The van der Waals surface area contributed by atoms with Crippen LogP contribution in [0.5, 0.6) is 5.75 Å². The van der Waals surface area contributed by atoms with E-state index in [9.17, 15) is 13.5 Å². The van der Waals surface area contributed by atoms with E-state index in [1.807, 2.05) is 36.4 Å². The molecule has 6 nitrogen and oxygen atoms in total. The average Bonchev–Trinajstić information content (AvgIpc) is 2.83. The van der Waals surface area contributed by atoms with Crippen molar-refractivity contribution in [2.24, 2.45) is 0 Å². The van der Waals surface area contributed by atoms with Crippen LogP contribution in [-0.4, -0.2) is 38.8 Å². The number of benzene rings is 2. The number of anilines is 1. The number of aliphatic hydroxyl groups is 1. The Balaban J connectivity index is 2.03. The van der Waals surface area contributed by atoms with Gasteiger partial charge in [-0.2, -0.15) is 0 Å². The fourth-order valence-corrected chi connectivity index (χ4v) is 5.15. The zero-order valence-corrected chi connectivity index (χ0v) is 18.7. The standard InChI is InChI=1S/C25H26N2O4S/c1-3-25(22-10-12-23(31-2)13-11-22)32(29,30)27(18-19-28)24-7-5-4-6-21(24)9-8-20-14-16-26-17-15-20/h3-17,25,28H,1,18-19H2,2H3. The summed E-state index contributed by atoms with van der Waals surface area (Å²) >= 11 is 0. The van der Waals surface area contributed by atoms with Crippen molar-refractivity contribution in [1.82, 2.24) is 4.98 Å². The normalized spacial score (nSPS) is 12.4. The first-order valence-electron chi connectivity index (χ1n) is 10.1. The van der Waals surface area contributed by atoms with E-state index in [1.54, 1.807) is 55.9 Å². The molecule has 1 atom stereocenters. The van der Waals surface area contributed by atoms with Crippen molar-refractivity contribution in [3.63, 3.8) is 0 Å². The summed E-state index contributed by atoms with van der Waals surface area (Å²) in [5, 5.41) is 8.69. The first kappa shape index (κ1) is 23.2. The van der Waals surface area contributed by atoms with Crippen LogP contribution in [-0.2, 0) is 10.0 Å². The van der Waals surface area contributed by atoms with Gasteiger partial charge in [-0.1, -0.05) is 48.6 Å². The van der Waals surface area contributed by atoms with Crippen molar-refractivity contribution in [3.8, 4) is 5.75 Å². The predicted octanol–water partition coefficient (Wildman–Crippen LogP) is 4.32. The van der Waals surface area contributed by atoms with Crippen molar-refractivity contribution in [1.29, 1.82) is 0 Å². The van der Waals surface area contributed by atoms with Gasteiger partial charge < -0.3 is 9.84 Å². The van der Waals surface area contributed by atoms with E-state index in [0.717, 1.165) is 5.56 Å². The lowest BCUT2D eigenvalue weighted by Crippen LogP contribution is -2.37. The second-order valence-electron chi connectivity index (χ2n) is 6.94. The first-order chi connectivity index (χ1) is 15.5. The fraction of sp³-hybridized carbons (Fsp3) is 0.160. The minimum absolute atomic E-state index is 0.0804. The predicted molar refractivity (Wildman–Crippen MR) is 129 cm³/mol. The number of hydrogen-bond acceptors (Lipinski definition) is 5. The molecule has 7 heteroatoms. The van der Waals surface area contributed by atoms with Crippen LogP contribution in [0.25, 0.3) is 12.2 Å². The van der Waals surface area contributed by atoms with Crippen LogP contribution < -0.4 is 9.04 Å². The van der Waals surface area contributed by atoms with Gasteiger partial charge >= 0.3 is 0 Å². The highest BCUT2D eigenvalue weighted by molar-refractivity contribution is 7.93. The van der Waals surface area contributed by atoms with Crippen LogP contribution in [0.4, 0.5) is 5.69 Å². The minimum atomic E-state index is -3.94. The maximum atomic E-state index is 13.7. The van der Waals surface area contributed by atoms with Gasteiger partial charge in [-0.25, -0.2) is 8.42 Å². The Hall–Kier alpha value is -3.42. The van der Waals surface area contributed by atoms with E-state index in [1.165, 1.54) is 10.4 Å². The molecule has 3 rings (SSSR count). The van der Waals surface area contributed by atoms with Crippen molar-refractivity contribution in [2.45, 2.75) is 5.25 Å². The fourth-order valence-electron chi connectivity index (χ4n) is 3.35. The van der Waals surface area contributed by atoms with Gasteiger partial charge in [0.25, 0.3) is 0 Å². The van der Waals surface area contributed by atoms with Gasteiger partial charge in [-0.05, 0) is 47.0 Å². The molecule has 0 saturated heterocycles. The molecule has 0 fully saturated rings. The van der Waals surface area contributed by atoms with Crippen LogP contribution in [0.15, 0.2) is 85.7 Å². The SMILES string of the molecule is C=CC(c1ccc(OC)cc1)S(=O)(=O)N(CCO)c1ccccc1C=Cc1ccncc1. The third kappa shape index (κ3) is 5.25. The molecule has 1 heterocycles. The Kier molecular flexibility index (Phi) is 7.81. The van der Waals surface area contributed by atoms with Gasteiger partial charge in [-0.15, -0.1) is 6.58 Å². The van der Waals surface area contributed by atoms with E-state index < -0.39 is 15.3 Å². The molecule has 166 valence electrons. The molecule has 0 amide bonds. The second kappa shape index (κ2) is 10.7. The van der Waals surface area contributed by atoms with E-state index >= 15 is 0 Å². The zero-order valence-electron chi connectivity index (χ0n) is 17.8. The van der Waals surface area contributed by atoms with E-state index in [4.69, 9.17) is 4.74 Å². The molecule has 32 heavy (non-hydrogen) atoms. The molecule has 0 aliphatic rings. The Bertz CT molecular complexity index is 1160. The minimum Gasteiger partial charge on any atom is -0.497 e. The highest BCUT2D eigenvalue weighted by Crippen LogP contribution is 2.33. The van der Waals surface area contributed by atoms with E-state index in [-0.39, 0.29) is 13.2 Å². The number of nitrogens with zero attached hydrogens (tertiary/aromatic N) is 2. The van der Waals surface area contributed by atoms with Crippen LogP contribution in [0.3, 0.4) is 0 Å². The number of para-hydroxylation sites is 1. The highest BCUT2D eigenvalue weighted by Gasteiger charge is 2.32. The monoisotopic (exact) mass is 450 g/mol. The molecule has 0 aliphatic heterocycles. The van der Waals surface area contributed by atoms with Gasteiger partial charge in [0.1, 0.15) is 11.0 Å². The van der Waals surface area contributed by atoms with E-state index in [0.29, 0.717) is 22.6 Å². The Labute approximate surface area is 189 Å². The molecular formula is C25H26N2O4S. The summed E-state index contributed by atoms with van der Waals surface area (Å²) in [6.07, 6.45) is 8.52. The Morgan fingerprint density at radius 2 is 1.75 bits per heavy atom. The van der Waals surface area contributed by atoms with Crippen molar-refractivity contribution >= 4 is 27.9 Å². The summed E-state index contributed by atoms with van der Waals surface area (Å²) in [7, 11) is -2.38. The summed E-state index contributed by atoms with van der Waals surface area (Å²) in [6.45, 7) is 3.36. The maximum absolute atomic E-state index is 13.7. The number of rotatable bonds is 10. The van der Waals surface area contributed by atoms with Gasteiger partial charge in [0, 0.05) is 12.4 Å². The topological polar surface area (TPSA) is 79.7 Å². The van der Waals surface area contributed by atoms with Crippen LogP contribution in [0.1, 0.15) is 21.9 Å². The summed E-state index contributed by atoms with van der Waals surface area (Å²) in [6, 6.07) is 17.7. The molecule has 0 saturated carbocycles. The number of aliphatic hydroxyl groups excluding tert-OH is 1. The molecule has 0 spiro atoms. The lowest BCUT2D eigenvalue weighted by atomic mass is 10.1. The molecule has 0 radical (unpaired) electrons. The van der Waals surface area contributed by atoms with Crippen LogP contribution in [0.2, 0.25) is 0 Å². The second-order valence-corrected chi connectivity index (χ2v) is 8.92. The molecule has 3 aromatic rings. The van der Waals surface area contributed by atoms with Gasteiger partial charge in [0.15, 0.2) is 0 Å². The third-order valence-corrected chi connectivity index (χ3v) is 7.06. The highest BCUT2D eigenvalue weighted by atomic mass is 32.2. The Morgan fingerprint density at radius 3 is 2.38 bits per heavy atom. The van der Waals surface area contributed by atoms with Gasteiger partial charge in [0.2, 0.25) is 10.0 Å². The van der Waals surface area contributed by atoms with Crippen molar-refractivity contribution in [3.05, 3.63) is 102 Å². The molecule has 0 bridgehead atoms. The summed E-state index contributed by atoms with van der Waals surface area (Å²) < 4.78 is 33.8. The van der Waals surface area contributed by atoms with Gasteiger partial charge in [0.05, 0.1) is 25.9 Å². The lowest BCUT2D eigenvalue weighted by molar-refractivity contribution is 0.306. The summed E-state index contributed by atoms with van der Waals surface area (Å²) in [5.41, 5.74) is 2.69. The first-order valence-corrected chi connectivity index (χ1v) is 11.6. The van der Waals surface area contributed by atoms with Gasteiger partial charge in [-0.3, -0.25) is 9.29 Å². The summed E-state index contributed by atoms with van der Waals surface area (Å²) in [4.78, 5) is 4.00. The average molecular weight is 451 g/mol. The van der Waals surface area contributed by atoms with Crippen molar-refractivity contribution < 1.29 is 18.3 Å². The third-order valence-electron chi connectivity index (χ3n) is 4.96. The van der Waals surface area contributed by atoms with Crippen LogP contribution >= 0.6 is 0 Å².